The van der Waals surface area contributed by atoms with Crippen LogP contribution in [0.1, 0.15) is 33.6 Å². The van der Waals surface area contributed by atoms with Crippen molar-refractivity contribution in [1.82, 2.24) is 10.2 Å². The Morgan fingerprint density at radius 1 is 1.24 bits per heavy atom. The molecule has 2 N–H and O–H groups in total. The van der Waals surface area contributed by atoms with Gasteiger partial charge in [0.2, 0.25) is 5.91 Å². The lowest BCUT2D eigenvalue weighted by Crippen LogP contribution is -2.45. The fourth-order valence-corrected chi connectivity index (χ4v) is 2.61. The summed E-state index contributed by atoms with van der Waals surface area (Å²) in [6.45, 7) is 0.868. The highest BCUT2D eigenvalue weighted by Crippen LogP contribution is 2.20. The van der Waals surface area contributed by atoms with E-state index in [-0.39, 0.29) is 28.9 Å². The fraction of sp³-hybridized carbons (Fsp3) is 0.400. The Balaban J connectivity index is 2.20. The van der Waals surface area contributed by atoms with Gasteiger partial charge in [0.15, 0.2) is 0 Å². The molecule has 0 aliphatic carbocycles. The van der Waals surface area contributed by atoms with E-state index in [2.05, 4.69) is 5.32 Å². The number of amides is 2. The molecule has 1 aliphatic heterocycles. The van der Waals surface area contributed by atoms with Crippen LogP contribution in [-0.4, -0.2) is 47.9 Å². The summed E-state index contributed by atoms with van der Waals surface area (Å²) in [7, 11) is 1.57. The number of carboxylic acid groups (broad SMARTS) is 1. The lowest BCUT2D eigenvalue weighted by Gasteiger charge is -2.32. The number of likely N-dealkylation sites (tertiary alicyclic amines) is 1. The summed E-state index contributed by atoms with van der Waals surface area (Å²) < 4.78 is 0. The summed E-state index contributed by atoms with van der Waals surface area (Å²) in [5, 5.41) is 11.7. The second-order valence-electron chi connectivity index (χ2n) is 5.06. The minimum atomic E-state index is -1.13. The Morgan fingerprint density at radius 3 is 2.52 bits per heavy atom. The van der Waals surface area contributed by atoms with Gasteiger partial charge in [0.1, 0.15) is 0 Å². The SMILES string of the molecule is CNC(=O)C1CCCN(C(=O)c2ccccc2C(=O)O)C1. The van der Waals surface area contributed by atoms with Crippen molar-refractivity contribution < 1.29 is 19.5 Å². The van der Waals surface area contributed by atoms with Gasteiger partial charge in [-0.15, -0.1) is 0 Å². The third-order valence-electron chi connectivity index (χ3n) is 3.71. The van der Waals surface area contributed by atoms with Crippen molar-refractivity contribution in [3.8, 4) is 0 Å². The molecule has 0 spiro atoms. The van der Waals surface area contributed by atoms with Crippen LogP contribution in [0.15, 0.2) is 24.3 Å². The first-order valence-electron chi connectivity index (χ1n) is 6.87. The van der Waals surface area contributed by atoms with Gasteiger partial charge in [-0.05, 0) is 25.0 Å². The number of rotatable bonds is 3. The first kappa shape index (κ1) is 15.0. The maximum Gasteiger partial charge on any atom is 0.336 e. The van der Waals surface area contributed by atoms with Crippen molar-refractivity contribution in [2.24, 2.45) is 5.92 Å². The van der Waals surface area contributed by atoms with E-state index in [1.54, 1.807) is 24.1 Å². The van der Waals surface area contributed by atoms with Crippen LogP contribution in [0.3, 0.4) is 0 Å². The van der Waals surface area contributed by atoms with Crippen molar-refractivity contribution >= 4 is 17.8 Å². The van der Waals surface area contributed by atoms with E-state index >= 15 is 0 Å². The molecule has 0 radical (unpaired) electrons. The molecule has 2 rings (SSSR count). The molecular weight excluding hydrogens is 272 g/mol. The Bertz CT molecular complexity index is 571. The number of nitrogens with zero attached hydrogens (tertiary/aromatic N) is 1. The van der Waals surface area contributed by atoms with Crippen LogP contribution >= 0.6 is 0 Å². The number of carbonyl (C=O) groups excluding carboxylic acids is 2. The van der Waals surface area contributed by atoms with E-state index in [0.717, 1.165) is 12.8 Å². The zero-order valence-electron chi connectivity index (χ0n) is 11.8. The van der Waals surface area contributed by atoms with Crippen LogP contribution in [0.4, 0.5) is 0 Å². The molecule has 0 aromatic heterocycles. The highest BCUT2D eigenvalue weighted by atomic mass is 16.4. The standard InChI is InChI=1S/C15H18N2O4/c1-16-13(18)10-5-4-8-17(9-10)14(19)11-6-2-3-7-12(11)15(20)21/h2-3,6-7,10H,4-5,8-9H2,1H3,(H,16,18)(H,20,21). The molecule has 1 heterocycles. The molecule has 1 aromatic carbocycles. The molecule has 112 valence electrons. The Hall–Kier alpha value is -2.37. The first-order valence-corrected chi connectivity index (χ1v) is 6.87. The topological polar surface area (TPSA) is 86.7 Å². The van der Waals surface area contributed by atoms with Gasteiger partial charge in [-0.3, -0.25) is 9.59 Å². The molecule has 1 aliphatic rings. The number of hydrogen-bond acceptors (Lipinski definition) is 3. The van der Waals surface area contributed by atoms with Gasteiger partial charge in [0, 0.05) is 20.1 Å². The van der Waals surface area contributed by atoms with Crippen molar-refractivity contribution in [3.63, 3.8) is 0 Å². The number of piperidine rings is 1. The highest BCUT2D eigenvalue weighted by Gasteiger charge is 2.29. The van der Waals surface area contributed by atoms with E-state index in [0.29, 0.717) is 13.1 Å². The second-order valence-corrected chi connectivity index (χ2v) is 5.06. The molecule has 0 saturated carbocycles. The predicted molar refractivity (Wildman–Crippen MR) is 76.1 cm³/mol. The zero-order chi connectivity index (χ0) is 15.4. The minimum absolute atomic E-state index is 0.00966. The average Bonchev–Trinajstić information content (AvgIpc) is 2.53. The van der Waals surface area contributed by atoms with Crippen LogP contribution in [0.5, 0.6) is 0 Å². The van der Waals surface area contributed by atoms with Gasteiger partial charge < -0.3 is 15.3 Å². The summed E-state index contributed by atoms with van der Waals surface area (Å²) in [6.07, 6.45) is 1.48. The molecule has 1 fully saturated rings. The van der Waals surface area contributed by atoms with E-state index in [1.165, 1.54) is 12.1 Å². The number of nitrogens with one attached hydrogen (secondary N) is 1. The summed E-state index contributed by atoms with van der Waals surface area (Å²) in [6, 6.07) is 6.15. The molecule has 6 heteroatoms. The number of aromatic carboxylic acids is 1. The van der Waals surface area contributed by atoms with Crippen LogP contribution in [0, 0.1) is 5.92 Å². The fourth-order valence-electron chi connectivity index (χ4n) is 2.61. The molecule has 21 heavy (non-hydrogen) atoms. The highest BCUT2D eigenvalue weighted by molar-refractivity contribution is 6.04. The summed E-state index contributed by atoms with van der Waals surface area (Å²) in [5.74, 6) is -1.77. The average molecular weight is 290 g/mol. The number of hydrogen-bond donors (Lipinski definition) is 2. The maximum atomic E-state index is 12.5. The van der Waals surface area contributed by atoms with Gasteiger partial charge in [-0.1, -0.05) is 12.1 Å². The van der Waals surface area contributed by atoms with Gasteiger partial charge in [-0.2, -0.15) is 0 Å². The lowest BCUT2D eigenvalue weighted by atomic mass is 9.96. The third kappa shape index (κ3) is 3.21. The van der Waals surface area contributed by atoms with E-state index < -0.39 is 5.97 Å². The number of carbonyl (C=O) groups is 3. The normalized spacial score (nSPS) is 18.1. The van der Waals surface area contributed by atoms with Crippen molar-refractivity contribution in [1.29, 1.82) is 0 Å². The second kappa shape index (κ2) is 6.39. The van der Waals surface area contributed by atoms with Gasteiger partial charge in [-0.25, -0.2) is 4.79 Å². The molecule has 2 amide bonds. The van der Waals surface area contributed by atoms with Crippen molar-refractivity contribution in [2.45, 2.75) is 12.8 Å². The first-order chi connectivity index (χ1) is 10.0. The van der Waals surface area contributed by atoms with Gasteiger partial charge >= 0.3 is 5.97 Å². The van der Waals surface area contributed by atoms with Gasteiger partial charge in [0.25, 0.3) is 5.91 Å². The molecule has 1 atom stereocenters. The number of carboxylic acids is 1. The quantitative estimate of drug-likeness (QED) is 0.869. The van der Waals surface area contributed by atoms with Crippen LogP contribution in [0.2, 0.25) is 0 Å². The van der Waals surface area contributed by atoms with Crippen LogP contribution in [-0.2, 0) is 4.79 Å². The van der Waals surface area contributed by atoms with Crippen molar-refractivity contribution in [3.05, 3.63) is 35.4 Å². The molecule has 0 bridgehead atoms. The monoisotopic (exact) mass is 290 g/mol. The smallest absolute Gasteiger partial charge is 0.336 e. The van der Waals surface area contributed by atoms with Crippen molar-refractivity contribution in [2.75, 3.05) is 20.1 Å². The van der Waals surface area contributed by atoms with Crippen LogP contribution in [0.25, 0.3) is 0 Å². The Morgan fingerprint density at radius 2 is 1.90 bits per heavy atom. The third-order valence-corrected chi connectivity index (χ3v) is 3.71. The molecule has 6 nitrogen and oxygen atoms in total. The molecule has 1 aromatic rings. The maximum absolute atomic E-state index is 12.5. The van der Waals surface area contributed by atoms with E-state index in [1.807, 2.05) is 0 Å². The summed E-state index contributed by atoms with van der Waals surface area (Å²) in [5.41, 5.74) is 0.159. The zero-order valence-corrected chi connectivity index (χ0v) is 11.8. The van der Waals surface area contributed by atoms with E-state index in [4.69, 9.17) is 5.11 Å². The predicted octanol–water partition coefficient (Wildman–Crippen LogP) is 0.983. The largest absolute Gasteiger partial charge is 0.478 e. The van der Waals surface area contributed by atoms with Crippen LogP contribution < -0.4 is 5.32 Å². The molecule has 1 saturated heterocycles. The lowest BCUT2D eigenvalue weighted by molar-refractivity contribution is -0.125. The molecular formula is C15H18N2O4. The summed E-state index contributed by atoms with van der Waals surface area (Å²) >= 11 is 0. The number of benzene rings is 1. The van der Waals surface area contributed by atoms with E-state index in [9.17, 15) is 14.4 Å². The Kier molecular flexibility index (Phi) is 4.57. The molecule has 1 unspecified atom stereocenters. The Labute approximate surface area is 122 Å². The minimum Gasteiger partial charge on any atom is -0.478 e. The summed E-state index contributed by atoms with van der Waals surface area (Å²) in [4.78, 5) is 37.0. The van der Waals surface area contributed by atoms with Gasteiger partial charge in [0.05, 0.1) is 17.0 Å².